The summed E-state index contributed by atoms with van der Waals surface area (Å²) in [5.41, 5.74) is 0. The van der Waals surface area contributed by atoms with Gasteiger partial charge >= 0.3 is 0 Å². The summed E-state index contributed by atoms with van der Waals surface area (Å²) in [6.07, 6.45) is 11.2. The van der Waals surface area contributed by atoms with Crippen molar-refractivity contribution < 1.29 is 53.4 Å². The number of ketones is 1. The Labute approximate surface area is 355 Å². The number of aliphatic hydroxyl groups is 2. The molecule has 0 aliphatic heterocycles. The van der Waals surface area contributed by atoms with Gasteiger partial charge in [-0.1, -0.05) is 85.0 Å². The van der Waals surface area contributed by atoms with Crippen molar-refractivity contribution >= 4 is 53.0 Å². The van der Waals surface area contributed by atoms with Gasteiger partial charge in [-0.15, -0.1) is 0 Å². The van der Waals surface area contributed by atoms with E-state index in [0.29, 0.717) is 6.42 Å². The molecule has 8 amide bonds. The summed E-state index contributed by atoms with van der Waals surface area (Å²) in [7, 11) is 2.47. The minimum absolute atomic E-state index is 0.0890. The van der Waals surface area contributed by atoms with Gasteiger partial charge in [-0.3, -0.25) is 43.2 Å². The number of nitrogens with zero attached hydrogens (tertiary/aromatic N) is 1. The molecule has 7 unspecified atom stereocenters. The highest BCUT2D eigenvalue weighted by Gasteiger charge is 2.34. The van der Waals surface area contributed by atoms with E-state index in [0.717, 1.165) is 24.2 Å². The normalized spacial score (nSPS) is 14.5. The van der Waals surface area contributed by atoms with Gasteiger partial charge in [-0.05, 0) is 46.5 Å². The van der Waals surface area contributed by atoms with E-state index in [9.17, 15) is 53.4 Å². The molecule has 0 rings (SSSR count). The fraction of sp³-hybridized carbons (Fsp3) is 0.780. The number of unbranched alkanes of at least 4 members (excludes halogenated alkanes) is 10. The Bertz CT molecular complexity index is 1410. The number of likely N-dealkylation sites (N-methyl/N-ethyl adjacent to an activating group) is 2. The molecule has 19 nitrogen and oxygen atoms in total. The van der Waals surface area contributed by atoms with Crippen molar-refractivity contribution in [3.63, 3.8) is 0 Å². The zero-order chi connectivity index (χ0) is 45.9. The number of carbonyl (C=O) groups excluding carboxylic acids is 9. The van der Waals surface area contributed by atoms with Gasteiger partial charge in [0, 0.05) is 20.5 Å². The molecule has 0 spiro atoms. The minimum Gasteiger partial charge on any atom is -0.394 e. The van der Waals surface area contributed by atoms with E-state index in [1.807, 2.05) is 0 Å². The van der Waals surface area contributed by atoms with E-state index < -0.39 is 109 Å². The number of carbonyl (C=O) groups is 9. The van der Waals surface area contributed by atoms with E-state index in [4.69, 9.17) is 0 Å². The molecule has 0 aromatic carbocycles. The first-order chi connectivity index (χ1) is 28.2. The van der Waals surface area contributed by atoms with Crippen LogP contribution in [0.2, 0.25) is 0 Å². The first-order valence-corrected chi connectivity index (χ1v) is 21.3. The third-order valence-electron chi connectivity index (χ3n) is 9.84. The molecule has 0 saturated heterocycles. The van der Waals surface area contributed by atoms with E-state index in [-0.39, 0.29) is 18.8 Å². The summed E-state index contributed by atoms with van der Waals surface area (Å²) < 4.78 is 0. The smallest absolute Gasteiger partial charge is 0.289 e. The highest BCUT2D eigenvalue weighted by Crippen LogP contribution is 2.12. The average Bonchev–Trinajstić information content (AvgIpc) is 3.19. The highest BCUT2D eigenvalue weighted by atomic mass is 16.3. The van der Waals surface area contributed by atoms with Gasteiger partial charge < -0.3 is 52.3 Å². The standard InChI is InChI=1S/C41H74N8O11/c1-10-11-12-13-14-15-16-17-18-19-20-21-32(52)47-31(24-50)39(58)45-27(5)36(55)43-23-33(53)49(9)34(29(7)51)40(59)46-28(6)37(56)48-30(22-25(2)3)38(57)44-26(4)35(54)41(60)42-8/h25-31,34,50-51H,10-24H2,1-9H3,(H,42,60)(H,43,55)(H,44,57)(H,45,58)(H,46,59)(H,47,52)(H,48,56). The summed E-state index contributed by atoms with van der Waals surface area (Å²) >= 11 is 0. The molecule has 60 heavy (non-hydrogen) atoms. The number of amides is 8. The lowest BCUT2D eigenvalue weighted by Gasteiger charge is -2.31. The van der Waals surface area contributed by atoms with Crippen LogP contribution in [0, 0.1) is 5.92 Å². The van der Waals surface area contributed by atoms with Crippen molar-refractivity contribution in [1.82, 2.24) is 42.1 Å². The van der Waals surface area contributed by atoms with Crippen LogP contribution < -0.4 is 37.2 Å². The molecule has 0 heterocycles. The summed E-state index contributed by atoms with van der Waals surface area (Å²) in [5, 5.41) is 36.9. The molecule has 0 fully saturated rings. The van der Waals surface area contributed by atoms with Gasteiger partial charge in [0.2, 0.25) is 47.1 Å². The van der Waals surface area contributed by atoms with Crippen molar-refractivity contribution in [3.05, 3.63) is 0 Å². The maximum absolute atomic E-state index is 13.3. The average molecular weight is 855 g/mol. The minimum atomic E-state index is -1.52. The molecule has 0 aromatic rings. The molecule has 0 saturated carbocycles. The summed E-state index contributed by atoms with van der Waals surface area (Å²) in [6.45, 7) is 9.66. The van der Waals surface area contributed by atoms with E-state index in [2.05, 4.69) is 44.1 Å². The van der Waals surface area contributed by atoms with Crippen LogP contribution >= 0.6 is 0 Å². The Kier molecular flexibility index (Phi) is 28.0. The summed E-state index contributed by atoms with van der Waals surface area (Å²) in [5.74, 6) is -7.12. The molecule has 7 atom stereocenters. The van der Waals surface area contributed by atoms with Gasteiger partial charge in [0.15, 0.2) is 0 Å². The zero-order valence-corrected chi connectivity index (χ0v) is 37.2. The number of hydrogen-bond acceptors (Lipinski definition) is 11. The van der Waals surface area contributed by atoms with E-state index >= 15 is 0 Å². The lowest BCUT2D eigenvalue weighted by atomic mass is 10.0. The van der Waals surface area contributed by atoms with Crippen LogP contribution in [0.15, 0.2) is 0 Å². The summed E-state index contributed by atoms with van der Waals surface area (Å²) in [6, 6.07) is -7.59. The molecule has 344 valence electrons. The monoisotopic (exact) mass is 855 g/mol. The second-order valence-corrected chi connectivity index (χ2v) is 15.8. The largest absolute Gasteiger partial charge is 0.394 e. The molecule has 0 aliphatic rings. The van der Waals surface area contributed by atoms with Crippen molar-refractivity contribution in [1.29, 1.82) is 0 Å². The van der Waals surface area contributed by atoms with Gasteiger partial charge in [0.25, 0.3) is 5.91 Å². The van der Waals surface area contributed by atoms with Gasteiger partial charge in [-0.25, -0.2) is 0 Å². The number of hydrogen-bond donors (Lipinski definition) is 9. The van der Waals surface area contributed by atoms with Crippen molar-refractivity contribution in [2.45, 2.75) is 174 Å². The quantitative estimate of drug-likeness (QED) is 0.0327. The van der Waals surface area contributed by atoms with Crippen LogP contribution in [-0.4, -0.2) is 138 Å². The Morgan fingerprint density at radius 1 is 0.583 bits per heavy atom. The number of nitrogens with one attached hydrogen (secondary N) is 7. The molecular weight excluding hydrogens is 780 g/mol. The van der Waals surface area contributed by atoms with E-state index in [1.165, 1.54) is 86.7 Å². The Morgan fingerprint density at radius 3 is 1.57 bits per heavy atom. The second kappa shape index (κ2) is 30.4. The number of Topliss-reactive ketones (excluding diaryl/α,β-unsaturated/α-hetero) is 1. The first kappa shape index (κ1) is 55.4. The van der Waals surface area contributed by atoms with Gasteiger partial charge in [-0.2, -0.15) is 0 Å². The number of rotatable bonds is 31. The molecular formula is C41H74N8O11. The molecule has 19 heteroatoms. The van der Waals surface area contributed by atoms with Crippen LogP contribution in [0.4, 0.5) is 0 Å². The fourth-order valence-corrected chi connectivity index (χ4v) is 6.17. The fourth-order valence-electron chi connectivity index (χ4n) is 6.17. The van der Waals surface area contributed by atoms with Gasteiger partial charge in [0.05, 0.1) is 25.3 Å². The second-order valence-electron chi connectivity index (χ2n) is 15.8. The lowest BCUT2D eigenvalue weighted by Crippen LogP contribution is -2.60. The molecule has 0 radical (unpaired) electrons. The SMILES string of the molecule is CCCCCCCCCCCCCC(=O)NC(CO)C(=O)NC(C)C(=O)NCC(=O)N(C)C(C(=O)NC(C)C(=O)NC(CC(C)C)C(=O)NC(C)C(=O)C(=O)NC)C(C)O. The van der Waals surface area contributed by atoms with Crippen LogP contribution in [0.25, 0.3) is 0 Å². The number of aliphatic hydroxyl groups excluding tert-OH is 2. The Balaban J connectivity index is 5.07. The van der Waals surface area contributed by atoms with Crippen molar-refractivity contribution in [3.8, 4) is 0 Å². The molecule has 0 aromatic heterocycles. The highest BCUT2D eigenvalue weighted by molar-refractivity contribution is 6.38. The predicted octanol–water partition coefficient (Wildman–Crippen LogP) is -0.151. The summed E-state index contributed by atoms with van der Waals surface area (Å²) in [4.78, 5) is 115. The maximum atomic E-state index is 13.3. The van der Waals surface area contributed by atoms with Crippen molar-refractivity contribution in [2.24, 2.45) is 5.92 Å². The van der Waals surface area contributed by atoms with E-state index in [1.54, 1.807) is 13.8 Å². The van der Waals surface area contributed by atoms with Crippen LogP contribution in [0.3, 0.4) is 0 Å². The molecule has 9 N–H and O–H groups in total. The third kappa shape index (κ3) is 22.1. The van der Waals surface area contributed by atoms with Gasteiger partial charge in [0.1, 0.15) is 30.2 Å². The van der Waals surface area contributed by atoms with Crippen LogP contribution in [-0.2, 0) is 43.2 Å². The first-order valence-electron chi connectivity index (χ1n) is 21.3. The van der Waals surface area contributed by atoms with Crippen molar-refractivity contribution in [2.75, 3.05) is 27.2 Å². The zero-order valence-electron chi connectivity index (χ0n) is 37.2. The Hall–Kier alpha value is -4.65. The predicted molar refractivity (Wildman–Crippen MR) is 225 cm³/mol. The maximum Gasteiger partial charge on any atom is 0.289 e. The topological polar surface area (TPSA) is 282 Å². The molecule has 0 aliphatic carbocycles. The van der Waals surface area contributed by atoms with Crippen LogP contribution in [0.1, 0.15) is 132 Å². The third-order valence-corrected chi connectivity index (χ3v) is 9.84. The molecule has 0 bridgehead atoms. The Morgan fingerprint density at radius 2 is 1.07 bits per heavy atom. The lowest BCUT2D eigenvalue weighted by molar-refractivity contribution is -0.144. The van der Waals surface area contributed by atoms with Crippen LogP contribution in [0.5, 0.6) is 0 Å².